The monoisotopic (exact) mass is 377 g/mol. The molecule has 3 rings (SSSR count). The van der Waals surface area contributed by atoms with E-state index in [0.717, 1.165) is 5.69 Å². The van der Waals surface area contributed by atoms with Gasteiger partial charge in [0.1, 0.15) is 11.5 Å². The molecular formula is C17H19N3O3S2. The first-order valence-electron chi connectivity index (χ1n) is 7.81. The highest BCUT2D eigenvalue weighted by atomic mass is 32.2. The molecular weight excluding hydrogens is 358 g/mol. The van der Waals surface area contributed by atoms with E-state index in [4.69, 9.17) is 22.7 Å². The summed E-state index contributed by atoms with van der Waals surface area (Å²) in [5.41, 5.74) is 7.12. The van der Waals surface area contributed by atoms with E-state index in [1.54, 1.807) is 24.3 Å². The van der Waals surface area contributed by atoms with Gasteiger partial charge >= 0.3 is 0 Å². The van der Waals surface area contributed by atoms with E-state index in [9.17, 15) is 8.42 Å². The van der Waals surface area contributed by atoms with Crippen LogP contribution in [0.3, 0.4) is 0 Å². The van der Waals surface area contributed by atoms with Crippen LogP contribution in [-0.2, 0) is 9.84 Å². The molecule has 0 bridgehead atoms. The molecule has 1 saturated heterocycles. The molecule has 1 aliphatic heterocycles. The lowest BCUT2D eigenvalue weighted by molar-refractivity contribution is 0.483. The third-order valence-corrected chi connectivity index (χ3v) is 5.78. The Hall–Kier alpha value is -2.32. The maximum Gasteiger partial charge on any atom is 0.171 e. The molecule has 2 aromatic carbocycles. The van der Waals surface area contributed by atoms with Crippen molar-refractivity contribution in [3.8, 4) is 11.5 Å². The summed E-state index contributed by atoms with van der Waals surface area (Å²) in [5, 5.41) is 6.50. The third kappa shape index (κ3) is 5.07. The second-order valence-corrected chi connectivity index (χ2v) is 8.53. The van der Waals surface area contributed by atoms with E-state index >= 15 is 0 Å². The van der Waals surface area contributed by atoms with Gasteiger partial charge in [0.15, 0.2) is 14.9 Å². The van der Waals surface area contributed by atoms with Crippen molar-refractivity contribution in [2.75, 3.05) is 22.6 Å². The molecule has 2 aromatic rings. The van der Waals surface area contributed by atoms with E-state index in [0.29, 0.717) is 28.7 Å². The molecule has 132 valence electrons. The maximum absolute atomic E-state index is 11.5. The molecule has 0 aliphatic carbocycles. The highest BCUT2D eigenvalue weighted by molar-refractivity contribution is 7.91. The number of hydrogen-bond acceptors (Lipinski definition) is 5. The molecule has 1 atom stereocenters. The lowest BCUT2D eigenvalue weighted by Gasteiger charge is -2.15. The summed E-state index contributed by atoms with van der Waals surface area (Å²) in [5.74, 6) is 1.74. The maximum atomic E-state index is 11.5. The molecule has 8 heteroatoms. The van der Waals surface area contributed by atoms with Crippen molar-refractivity contribution in [1.29, 1.82) is 0 Å². The normalized spacial score (nSPS) is 18.5. The number of thiocarbonyl (C=S) groups is 1. The van der Waals surface area contributed by atoms with Gasteiger partial charge in [-0.1, -0.05) is 0 Å². The zero-order valence-corrected chi connectivity index (χ0v) is 15.1. The molecule has 0 aromatic heterocycles. The first kappa shape index (κ1) is 17.5. The number of hydrogen-bond donors (Lipinski definition) is 3. The van der Waals surface area contributed by atoms with Crippen LogP contribution >= 0.6 is 12.2 Å². The molecule has 1 heterocycles. The van der Waals surface area contributed by atoms with Crippen LogP contribution < -0.4 is 21.1 Å². The largest absolute Gasteiger partial charge is 0.457 e. The molecule has 1 unspecified atom stereocenters. The predicted molar refractivity (Wildman–Crippen MR) is 104 cm³/mol. The fourth-order valence-electron chi connectivity index (χ4n) is 2.54. The van der Waals surface area contributed by atoms with Crippen molar-refractivity contribution in [1.82, 2.24) is 5.32 Å². The van der Waals surface area contributed by atoms with Gasteiger partial charge in [0.05, 0.1) is 11.5 Å². The lowest BCUT2D eigenvalue weighted by atomic mass is 10.2. The Balaban J connectivity index is 1.53. The second-order valence-electron chi connectivity index (χ2n) is 5.89. The van der Waals surface area contributed by atoms with E-state index in [1.165, 1.54) is 0 Å². The minimum atomic E-state index is -2.93. The molecule has 4 N–H and O–H groups in total. The molecule has 6 nitrogen and oxygen atoms in total. The topological polar surface area (TPSA) is 93.4 Å². The molecule has 1 fully saturated rings. The Bertz CT molecular complexity index is 850. The van der Waals surface area contributed by atoms with Crippen LogP contribution in [0.4, 0.5) is 11.4 Å². The minimum Gasteiger partial charge on any atom is -0.457 e. The summed E-state index contributed by atoms with van der Waals surface area (Å²) in [6.45, 7) is 0. The van der Waals surface area contributed by atoms with Crippen LogP contribution in [0, 0.1) is 0 Å². The molecule has 0 radical (unpaired) electrons. The number of nitrogens with one attached hydrogen (secondary N) is 2. The van der Waals surface area contributed by atoms with Crippen LogP contribution in [0.2, 0.25) is 0 Å². The number of anilines is 2. The van der Waals surface area contributed by atoms with Crippen molar-refractivity contribution in [3.05, 3.63) is 48.5 Å². The van der Waals surface area contributed by atoms with E-state index in [1.807, 2.05) is 24.3 Å². The number of nitrogens with two attached hydrogens (primary N) is 1. The van der Waals surface area contributed by atoms with Gasteiger partial charge in [0, 0.05) is 17.4 Å². The summed E-state index contributed by atoms with van der Waals surface area (Å²) in [7, 11) is -2.93. The minimum absolute atomic E-state index is 0.127. The van der Waals surface area contributed by atoms with Crippen molar-refractivity contribution in [3.63, 3.8) is 0 Å². The van der Waals surface area contributed by atoms with Gasteiger partial charge in [-0.25, -0.2) is 8.42 Å². The number of rotatable bonds is 4. The lowest BCUT2D eigenvalue weighted by Crippen LogP contribution is -2.38. The van der Waals surface area contributed by atoms with Gasteiger partial charge in [-0.15, -0.1) is 0 Å². The van der Waals surface area contributed by atoms with Gasteiger partial charge in [0.25, 0.3) is 0 Å². The van der Waals surface area contributed by atoms with Gasteiger partial charge in [0.2, 0.25) is 0 Å². The average molecular weight is 377 g/mol. The first-order valence-corrected chi connectivity index (χ1v) is 10.0. The van der Waals surface area contributed by atoms with Crippen molar-refractivity contribution >= 4 is 38.5 Å². The molecule has 1 aliphatic rings. The highest BCUT2D eigenvalue weighted by Crippen LogP contribution is 2.23. The highest BCUT2D eigenvalue weighted by Gasteiger charge is 2.28. The van der Waals surface area contributed by atoms with Gasteiger partial charge < -0.3 is 21.1 Å². The fraction of sp³-hybridized carbons (Fsp3) is 0.235. The van der Waals surface area contributed by atoms with Crippen molar-refractivity contribution in [2.45, 2.75) is 12.5 Å². The van der Waals surface area contributed by atoms with Crippen LogP contribution in [0.5, 0.6) is 11.5 Å². The van der Waals surface area contributed by atoms with Crippen LogP contribution in [-0.4, -0.2) is 31.1 Å². The molecule has 25 heavy (non-hydrogen) atoms. The third-order valence-electron chi connectivity index (χ3n) is 3.80. The molecule has 0 spiro atoms. The summed E-state index contributed by atoms with van der Waals surface area (Å²) < 4.78 is 28.7. The number of nitrogen functional groups attached to an aromatic ring is 1. The van der Waals surface area contributed by atoms with Gasteiger partial charge in [-0.3, -0.25) is 0 Å². The summed E-state index contributed by atoms with van der Waals surface area (Å²) >= 11 is 5.24. The Morgan fingerprint density at radius 2 is 1.68 bits per heavy atom. The Kier molecular flexibility index (Phi) is 5.10. The van der Waals surface area contributed by atoms with Crippen molar-refractivity contribution in [2.24, 2.45) is 0 Å². The van der Waals surface area contributed by atoms with E-state index in [2.05, 4.69) is 10.6 Å². The standard InChI is InChI=1S/C17H19N3O3S2/c18-12-1-5-15(6-2-12)23-16-7-3-13(4-8-16)19-17(24)20-14-9-10-25(21,22)11-14/h1-8,14H,9-11,18H2,(H2,19,20,24). The van der Waals surface area contributed by atoms with Crippen LogP contribution in [0.1, 0.15) is 6.42 Å². The number of ether oxygens (including phenoxy) is 1. The number of benzene rings is 2. The smallest absolute Gasteiger partial charge is 0.171 e. The van der Waals surface area contributed by atoms with E-state index < -0.39 is 9.84 Å². The Morgan fingerprint density at radius 1 is 1.08 bits per heavy atom. The summed E-state index contributed by atoms with van der Waals surface area (Å²) in [6.07, 6.45) is 0.582. The van der Waals surface area contributed by atoms with E-state index in [-0.39, 0.29) is 17.5 Å². The first-order chi connectivity index (χ1) is 11.9. The van der Waals surface area contributed by atoms with Gasteiger partial charge in [-0.2, -0.15) is 0 Å². The quantitative estimate of drug-likeness (QED) is 0.557. The Morgan fingerprint density at radius 3 is 2.24 bits per heavy atom. The summed E-state index contributed by atoms with van der Waals surface area (Å²) in [4.78, 5) is 0. The van der Waals surface area contributed by atoms with Crippen LogP contribution in [0.15, 0.2) is 48.5 Å². The SMILES string of the molecule is Nc1ccc(Oc2ccc(NC(=S)NC3CCS(=O)(=O)C3)cc2)cc1. The zero-order chi connectivity index (χ0) is 17.9. The number of sulfone groups is 1. The predicted octanol–water partition coefficient (Wildman–Crippen LogP) is 2.53. The van der Waals surface area contributed by atoms with Crippen LogP contribution in [0.25, 0.3) is 0 Å². The summed E-state index contributed by atoms with van der Waals surface area (Å²) in [6, 6.07) is 14.3. The fourth-order valence-corrected chi connectivity index (χ4v) is 4.50. The molecule has 0 saturated carbocycles. The van der Waals surface area contributed by atoms with Gasteiger partial charge in [-0.05, 0) is 67.2 Å². The van der Waals surface area contributed by atoms with Crippen molar-refractivity contribution < 1.29 is 13.2 Å². The molecule has 0 amide bonds. The average Bonchev–Trinajstić information content (AvgIpc) is 2.90. The second kappa shape index (κ2) is 7.28. The zero-order valence-electron chi connectivity index (χ0n) is 13.4. The Labute approximate surface area is 152 Å².